The lowest BCUT2D eigenvalue weighted by molar-refractivity contribution is -0.116. The zero-order valence-electron chi connectivity index (χ0n) is 15.0. The number of thiazole rings is 1. The second-order valence-electron chi connectivity index (χ2n) is 6.34. The summed E-state index contributed by atoms with van der Waals surface area (Å²) in [5, 5.41) is 3.09. The number of benzene rings is 1. The SMILES string of the molecule is CCS(=O)(=O)N1CCc2nc(NC(=O)Cn3c(=O)oc4ccccc43)sc2C1. The first kappa shape index (κ1) is 18.8. The van der Waals surface area contributed by atoms with Gasteiger partial charge in [-0.25, -0.2) is 18.2 Å². The molecule has 1 aliphatic rings. The molecule has 148 valence electrons. The van der Waals surface area contributed by atoms with Gasteiger partial charge in [-0.1, -0.05) is 12.1 Å². The number of nitrogens with zero attached hydrogens (tertiary/aromatic N) is 3. The Hall–Kier alpha value is -2.50. The minimum absolute atomic E-state index is 0.0537. The van der Waals surface area contributed by atoms with E-state index in [9.17, 15) is 18.0 Å². The minimum atomic E-state index is -3.26. The molecule has 0 saturated carbocycles. The maximum Gasteiger partial charge on any atom is 0.420 e. The number of carbonyl (C=O) groups is 1. The van der Waals surface area contributed by atoms with Crippen LogP contribution in [0.1, 0.15) is 17.5 Å². The fourth-order valence-electron chi connectivity index (χ4n) is 3.11. The van der Waals surface area contributed by atoms with Crippen LogP contribution in [-0.2, 0) is 34.3 Å². The van der Waals surface area contributed by atoms with E-state index in [1.165, 1.54) is 20.2 Å². The zero-order chi connectivity index (χ0) is 19.9. The predicted molar refractivity (Wildman–Crippen MR) is 105 cm³/mol. The molecule has 0 bridgehead atoms. The van der Waals surface area contributed by atoms with Crippen LogP contribution in [0.3, 0.4) is 0 Å². The van der Waals surface area contributed by atoms with E-state index in [4.69, 9.17) is 4.42 Å². The fourth-order valence-corrected chi connectivity index (χ4v) is 5.29. The predicted octanol–water partition coefficient (Wildman–Crippen LogP) is 1.40. The van der Waals surface area contributed by atoms with Crippen molar-refractivity contribution in [3.8, 4) is 0 Å². The van der Waals surface area contributed by atoms with Gasteiger partial charge in [-0.15, -0.1) is 11.3 Å². The first-order chi connectivity index (χ1) is 13.4. The number of sulfonamides is 1. The summed E-state index contributed by atoms with van der Waals surface area (Å²) < 4.78 is 32.0. The van der Waals surface area contributed by atoms with Crippen molar-refractivity contribution in [1.29, 1.82) is 0 Å². The molecule has 1 aliphatic heterocycles. The molecule has 0 unspecified atom stereocenters. The highest BCUT2D eigenvalue weighted by atomic mass is 32.2. The van der Waals surface area contributed by atoms with E-state index in [1.54, 1.807) is 31.2 Å². The summed E-state index contributed by atoms with van der Waals surface area (Å²) in [6.07, 6.45) is 0.507. The van der Waals surface area contributed by atoms with Gasteiger partial charge in [-0.3, -0.25) is 9.36 Å². The largest absolute Gasteiger partial charge is 0.420 e. The molecule has 1 N–H and O–H groups in total. The quantitative estimate of drug-likeness (QED) is 0.665. The Morgan fingerprint density at radius 1 is 1.36 bits per heavy atom. The fraction of sp³-hybridized carbons (Fsp3) is 0.353. The number of anilines is 1. The van der Waals surface area contributed by atoms with Gasteiger partial charge in [-0.2, -0.15) is 4.31 Å². The van der Waals surface area contributed by atoms with Gasteiger partial charge in [0.1, 0.15) is 6.54 Å². The molecule has 0 saturated heterocycles. The van der Waals surface area contributed by atoms with Crippen LogP contribution >= 0.6 is 11.3 Å². The van der Waals surface area contributed by atoms with E-state index in [0.717, 1.165) is 10.6 Å². The van der Waals surface area contributed by atoms with Crippen LogP contribution < -0.4 is 11.1 Å². The summed E-state index contributed by atoms with van der Waals surface area (Å²) in [7, 11) is -3.26. The van der Waals surface area contributed by atoms with Crippen LogP contribution in [0.15, 0.2) is 33.5 Å². The number of hydrogen-bond acceptors (Lipinski definition) is 7. The topological polar surface area (TPSA) is 115 Å². The second-order valence-corrected chi connectivity index (χ2v) is 9.68. The lowest BCUT2D eigenvalue weighted by Gasteiger charge is -2.24. The molecule has 3 heterocycles. The number of oxazole rings is 1. The monoisotopic (exact) mass is 422 g/mol. The number of rotatable bonds is 5. The third-order valence-corrected chi connectivity index (χ3v) is 7.40. The average molecular weight is 422 g/mol. The Morgan fingerprint density at radius 3 is 2.93 bits per heavy atom. The highest BCUT2D eigenvalue weighted by Gasteiger charge is 2.28. The minimum Gasteiger partial charge on any atom is -0.408 e. The van der Waals surface area contributed by atoms with Crippen molar-refractivity contribution in [2.24, 2.45) is 0 Å². The molecule has 1 amide bonds. The van der Waals surface area contributed by atoms with Crippen LogP contribution in [-0.4, -0.2) is 40.5 Å². The summed E-state index contributed by atoms with van der Waals surface area (Å²) in [5.41, 5.74) is 1.76. The Morgan fingerprint density at radius 2 is 2.14 bits per heavy atom. The Labute approximate surface area is 164 Å². The van der Waals surface area contributed by atoms with Crippen LogP contribution in [0.5, 0.6) is 0 Å². The van der Waals surface area contributed by atoms with Crippen molar-refractivity contribution in [1.82, 2.24) is 13.9 Å². The number of aromatic nitrogens is 2. The number of carbonyl (C=O) groups excluding carboxylic acids is 1. The smallest absolute Gasteiger partial charge is 0.408 e. The number of hydrogen-bond donors (Lipinski definition) is 1. The van der Waals surface area contributed by atoms with E-state index < -0.39 is 21.7 Å². The van der Waals surface area contributed by atoms with Gasteiger partial charge in [0.25, 0.3) is 0 Å². The molecule has 28 heavy (non-hydrogen) atoms. The molecule has 3 aromatic rings. The Bertz CT molecular complexity index is 1210. The van der Waals surface area contributed by atoms with Crippen molar-refractivity contribution in [3.63, 3.8) is 0 Å². The van der Waals surface area contributed by atoms with Crippen molar-refractivity contribution in [2.75, 3.05) is 17.6 Å². The standard InChI is InChI=1S/C17H18N4O5S2/c1-2-28(24,25)20-8-7-11-14(9-20)27-16(18-11)19-15(22)10-21-12-5-3-4-6-13(12)26-17(21)23/h3-6H,2,7-10H2,1H3,(H,18,19,22). The first-order valence-corrected chi connectivity index (χ1v) is 11.1. The van der Waals surface area contributed by atoms with Crippen LogP contribution in [0.2, 0.25) is 0 Å². The van der Waals surface area contributed by atoms with Crippen LogP contribution in [0.25, 0.3) is 11.1 Å². The van der Waals surface area contributed by atoms with E-state index in [-0.39, 0.29) is 18.8 Å². The van der Waals surface area contributed by atoms with Crippen molar-refractivity contribution in [3.05, 3.63) is 45.4 Å². The molecule has 0 spiro atoms. The summed E-state index contributed by atoms with van der Waals surface area (Å²) in [6.45, 7) is 2.07. The van der Waals surface area contributed by atoms with E-state index in [2.05, 4.69) is 10.3 Å². The average Bonchev–Trinajstić information content (AvgIpc) is 3.21. The third kappa shape index (κ3) is 3.48. The summed E-state index contributed by atoms with van der Waals surface area (Å²) in [4.78, 5) is 29.6. The van der Waals surface area contributed by atoms with Gasteiger partial charge in [0.05, 0.1) is 17.0 Å². The third-order valence-electron chi connectivity index (χ3n) is 4.58. The summed E-state index contributed by atoms with van der Waals surface area (Å²) >= 11 is 1.25. The Kier molecular flexibility index (Phi) is 4.81. The highest BCUT2D eigenvalue weighted by molar-refractivity contribution is 7.89. The van der Waals surface area contributed by atoms with Gasteiger partial charge in [0, 0.05) is 24.4 Å². The molecule has 1 aromatic carbocycles. The summed E-state index contributed by atoms with van der Waals surface area (Å²) in [6, 6.07) is 6.88. The number of para-hydroxylation sites is 2. The van der Waals surface area contributed by atoms with Crippen molar-refractivity contribution in [2.45, 2.75) is 26.4 Å². The summed E-state index contributed by atoms with van der Waals surface area (Å²) in [5.74, 6) is -0.953. The van der Waals surface area contributed by atoms with Gasteiger partial charge >= 0.3 is 5.76 Å². The van der Waals surface area contributed by atoms with E-state index >= 15 is 0 Å². The lowest BCUT2D eigenvalue weighted by Crippen LogP contribution is -2.36. The molecule has 11 heteroatoms. The zero-order valence-corrected chi connectivity index (χ0v) is 16.7. The molecule has 9 nitrogen and oxygen atoms in total. The molecule has 0 radical (unpaired) electrons. The number of amides is 1. The highest BCUT2D eigenvalue weighted by Crippen LogP contribution is 2.29. The Balaban J connectivity index is 1.49. The maximum atomic E-state index is 12.4. The van der Waals surface area contributed by atoms with Crippen molar-refractivity contribution < 1.29 is 17.6 Å². The normalized spacial score (nSPS) is 14.9. The first-order valence-electron chi connectivity index (χ1n) is 8.72. The number of nitrogens with one attached hydrogen (secondary N) is 1. The van der Waals surface area contributed by atoms with Gasteiger partial charge in [0.15, 0.2) is 10.7 Å². The van der Waals surface area contributed by atoms with Crippen molar-refractivity contribution >= 4 is 43.5 Å². The maximum absolute atomic E-state index is 12.4. The molecule has 0 fully saturated rings. The van der Waals surface area contributed by atoms with Crippen LogP contribution in [0, 0.1) is 0 Å². The van der Waals surface area contributed by atoms with Crippen LogP contribution in [0.4, 0.5) is 5.13 Å². The molecule has 0 atom stereocenters. The molecule has 0 aliphatic carbocycles. The molecular formula is C17H18N4O5S2. The van der Waals surface area contributed by atoms with Gasteiger partial charge < -0.3 is 9.73 Å². The van der Waals surface area contributed by atoms with Gasteiger partial charge in [0.2, 0.25) is 15.9 Å². The molecule has 2 aromatic heterocycles. The second kappa shape index (κ2) is 7.15. The number of fused-ring (bicyclic) bond motifs is 2. The van der Waals surface area contributed by atoms with E-state index in [1.807, 2.05) is 0 Å². The lowest BCUT2D eigenvalue weighted by atomic mass is 10.2. The van der Waals surface area contributed by atoms with Gasteiger partial charge in [-0.05, 0) is 19.1 Å². The molecular weight excluding hydrogens is 404 g/mol. The van der Waals surface area contributed by atoms with E-state index in [0.29, 0.717) is 29.2 Å². The molecule has 4 rings (SSSR count).